The highest BCUT2D eigenvalue weighted by molar-refractivity contribution is 9.10. The molecule has 1 N–H and O–H groups in total. The highest BCUT2D eigenvalue weighted by Gasteiger charge is 2.34. The summed E-state index contributed by atoms with van der Waals surface area (Å²) in [5.74, 6) is -0.000924. The van der Waals surface area contributed by atoms with E-state index in [0.717, 1.165) is 22.0 Å². The van der Waals surface area contributed by atoms with Crippen molar-refractivity contribution >= 4 is 39.3 Å². The molecule has 0 aliphatic carbocycles. The number of nitriles is 1. The molecule has 2 aromatic rings. The summed E-state index contributed by atoms with van der Waals surface area (Å²) in [6, 6.07) is 13.7. The van der Waals surface area contributed by atoms with Crippen LogP contribution in [0, 0.1) is 18.3 Å². The number of fused-ring (bicyclic) bond motifs is 1. The van der Waals surface area contributed by atoms with Gasteiger partial charge in [-0.2, -0.15) is 5.26 Å². The van der Waals surface area contributed by atoms with Crippen molar-refractivity contribution in [1.29, 1.82) is 5.26 Å². The van der Waals surface area contributed by atoms with Crippen molar-refractivity contribution in [3.05, 3.63) is 63.1 Å². The maximum atomic E-state index is 12.6. The summed E-state index contributed by atoms with van der Waals surface area (Å²) in [7, 11) is 2.13. The third-order valence-corrected chi connectivity index (χ3v) is 6.26. The van der Waals surface area contributed by atoms with Crippen LogP contribution in [0.5, 0.6) is 0 Å². The Balaban J connectivity index is 1.95. The number of carbonyl (C=O) groups is 1. The van der Waals surface area contributed by atoms with Gasteiger partial charge in [0.15, 0.2) is 0 Å². The van der Waals surface area contributed by atoms with Gasteiger partial charge < -0.3 is 10.2 Å². The van der Waals surface area contributed by atoms with Crippen molar-refractivity contribution in [2.45, 2.75) is 45.6 Å². The van der Waals surface area contributed by atoms with Crippen molar-refractivity contribution in [2.24, 2.45) is 0 Å². The molecule has 0 bridgehead atoms. The molecule has 5 heteroatoms. The number of anilines is 2. The van der Waals surface area contributed by atoms with Gasteiger partial charge in [0, 0.05) is 28.4 Å². The smallest absolute Gasteiger partial charge is 0.266 e. The lowest BCUT2D eigenvalue weighted by molar-refractivity contribution is -0.112. The van der Waals surface area contributed by atoms with Gasteiger partial charge in [0.1, 0.15) is 11.6 Å². The average molecular weight is 452 g/mol. The van der Waals surface area contributed by atoms with Gasteiger partial charge in [0.2, 0.25) is 0 Å². The molecule has 1 aliphatic rings. The van der Waals surface area contributed by atoms with Crippen LogP contribution in [0.4, 0.5) is 11.4 Å². The number of benzene rings is 2. The largest absolute Gasteiger partial charge is 0.369 e. The van der Waals surface area contributed by atoms with E-state index in [4.69, 9.17) is 0 Å². The molecule has 0 saturated carbocycles. The Hall–Kier alpha value is -2.58. The molecule has 0 spiro atoms. The van der Waals surface area contributed by atoms with Crippen LogP contribution in [0.2, 0.25) is 0 Å². The molecule has 0 fully saturated rings. The molecular formula is C24H26BrN3O. The van der Waals surface area contributed by atoms with E-state index >= 15 is 0 Å². The summed E-state index contributed by atoms with van der Waals surface area (Å²) in [6.45, 7) is 8.78. The maximum absolute atomic E-state index is 12.6. The zero-order valence-corrected chi connectivity index (χ0v) is 19.1. The Morgan fingerprint density at radius 1 is 1.34 bits per heavy atom. The van der Waals surface area contributed by atoms with E-state index in [0.29, 0.717) is 11.6 Å². The van der Waals surface area contributed by atoms with Gasteiger partial charge in [-0.05, 0) is 86.2 Å². The summed E-state index contributed by atoms with van der Waals surface area (Å²) < 4.78 is 0.865. The number of nitrogens with one attached hydrogen (secondary N) is 1. The molecule has 3 rings (SSSR count). The van der Waals surface area contributed by atoms with Crippen LogP contribution in [0.3, 0.4) is 0 Å². The van der Waals surface area contributed by atoms with Crippen LogP contribution >= 0.6 is 15.9 Å². The lowest BCUT2D eigenvalue weighted by Crippen LogP contribution is -2.45. The molecule has 1 aliphatic heterocycles. The van der Waals surface area contributed by atoms with Gasteiger partial charge in [-0.3, -0.25) is 4.79 Å². The van der Waals surface area contributed by atoms with E-state index in [-0.39, 0.29) is 11.1 Å². The van der Waals surface area contributed by atoms with Crippen LogP contribution in [0.15, 0.2) is 46.4 Å². The fourth-order valence-corrected chi connectivity index (χ4v) is 4.36. The lowest BCUT2D eigenvalue weighted by Gasteiger charge is -2.45. The zero-order chi connectivity index (χ0) is 21.3. The predicted octanol–water partition coefficient (Wildman–Crippen LogP) is 6.03. The number of carbonyl (C=O) groups excluding carboxylic acids is 1. The Morgan fingerprint density at radius 2 is 2.07 bits per heavy atom. The molecule has 1 atom stereocenters. The first-order valence-corrected chi connectivity index (χ1v) is 10.5. The molecule has 0 radical (unpaired) electrons. The van der Waals surface area contributed by atoms with Gasteiger partial charge in [-0.1, -0.05) is 28.9 Å². The number of halogens is 1. The van der Waals surface area contributed by atoms with E-state index < -0.39 is 5.91 Å². The van der Waals surface area contributed by atoms with Crippen LogP contribution in [-0.2, 0) is 4.79 Å². The fourth-order valence-electron chi connectivity index (χ4n) is 3.96. The summed E-state index contributed by atoms with van der Waals surface area (Å²) in [5, 5.41) is 12.4. The van der Waals surface area contributed by atoms with Crippen LogP contribution in [0.1, 0.15) is 49.8 Å². The van der Waals surface area contributed by atoms with Crippen molar-refractivity contribution < 1.29 is 4.79 Å². The number of amides is 1. The molecule has 150 valence electrons. The van der Waals surface area contributed by atoms with Crippen molar-refractivity contribution in [3.8, 4) is 6.07 Å². The Kier molecular flexibility index (Phi) is 5.86. The number of hydrogen-bond acceptors (Lipinski definition) is 3. The number of aryl methyl sites for hydroxylation is 1. The highest BCUT2D eigenvalue weighted by atomic mass is 79.9. The van der Waals surface area contributed by atoms with Crippen molar-refractivity contribution in [2.75, 3.05) is 17.3 Å². The lowest BCUT2D eigenvalue weighted by atomic mass is 9.79. The first-order chi connectivity index (χ1) is 13.6. The van der Waals surface area contributed by atoms with Gasteiger partial charge >= 0.3 is 0 Å². The second-order valence-corrected chi connectivity index (χ2v) is 9.29. The predicted molar refractivity (Wildman–Crippen MR) is 123 cm³/mol. The topological polar surface area (TPSA) is 56.1 Å². The average Bonchev–Trinajstić information content (AvgIpc) is 2.64. The molecule has 4 nitrogen and oxygen atoms in total. The SMILES string of the molecule is Cc1cc2c(cc1/C=C(\C#N)C(=O)Nc1cccc(Br)c1)C(C)CC(C)(C)N2C. The Bertz CT molecular complexity index is 1030. The van der Waals surface area contributed by atoms with Crippen LogP contribution in [-0.4, -0.2) is 18.5 Å². The zero-order valence-electron chi connectivity index (χ0n) is 17.5. The quantitative estimate of drug-likeness (QED) is 0.457. The van der Waals surface area contributed by atoms with Crippen molar-refractivity contribution in [3.63, 3.8) is 0 Å². The van der Waals surface area contributed by atoms with Crippen LogP contribution < -0.4 is 10.2 Å². The normalized spacial score (nSPS) is 18.0. The first kappa shape index (κ1) is 21.1. The summed E-state index contributed by atoms with van der Waals surface area (Å²) in [4.78, 5) is 15.0. The first-order valence-electron chi connectivity index (χ1n) is 9.69. The maximum Gasteiger partial charge on any atom is 0.266 e. The van der Waals surface area contributed by atoms with E-state index in [9.17, 15) is 10.1 Å². The molecule has 2 aromatic carbocycles. The minimum absolute atomic E-state index is 0.0881. The number of hydrogen-bond donors (Lipinski definition) is 1. The molecule has 1 unspecified atom stereocenters. The third-order valence-electron chi connectivity index (χ3n) is 5.77. The van der Waals surface area contributed by atoms with Gasteiger partial charge in [0.05, 0.1) is 0 Å². The van der Waals surface area contributed by atoms with Gasteiger partial charge in [0.25, 0.3) is 5.91 Å². The number of rotatable bonds is 3. The minimum Gasteiger partial charge on any atom is -0.369 e. The van der Waals surface area contributed by atoms with Crippen LogP contribution in [0.25, 0.3) is 6.08 Å². The van der Waals surface area contributed by atoms with Gasteiger partial charge in [-0.15, -0.1) is 0 Å². The second kappa shape index (κ2) is 8.04. The highest BCUT2D eigenvalue weighted by Crippen LogP contribution is 2.43. The minimum atomic E-state index is -0.408. The van der Waals surface area contributed by atoms with E-state index in [1.807, 2.05) is 19.1 Å². The molecule has 0 aromatic heterocycles. The standard InChI is InChI=1S/C24H26BrN3O/c1-15-9-22-21(16(2)13-24(3,4)28(22)5)11-17(15)10-18(14-26)23(29)27-20-8-6-7-19(25)12-20/h6-12,16H,13H2,1-5H3,(H,27,29)/b18-10+. The Morgan fingerprint density at radius 3 is 2.72 bits per heavy atom. The van der Waals surface area contributed by atoms with Gasteiger partial charge in [-0.25, -0.2) is 0 Å². The van der Waals surface area contributed by atoms with E-state index in [1.165, 1.54) is 11.3 Å². The molecule has 1 amide bonds. The third kappa shape index (κ3) is 4.38. The molecule has 1 heterocycles. The summed E-state index contributed by atoms with van der Waals surface area (Å²) >= 11 is 3.39. The second-order valence-electron chi connectivity index (χ2n) is 8.38. The summed E-state index contributed by atoms with van der Waals surface area (Å²) in [6.07, 6.45) is 2.74. The van der Waals surface area contributed by atoms with E-state index in [1.54, 1.807) is 18.2 Å². The summed E-state index contributed by atoms with van der Waals surface area (Å²) in [5.41, 5.74) is 5.26. The Labute approximate surface area is 181 Å². The monoisotopic (exact) mass is 451 g/mol. The van der Waals surface area contributed by atoms with E-state index in [2.05, 4.69) is 72.2 Å². The molecule has 0 saturated heterocycles. The molecule has 29 heavy (non-hydrogen) atoms. The molecular weight excluding hydrogens is 426 g/mol. The fraction of sp³-hybridized carbons (Fsp3) is 0.333. The number of nitrogens with zero attached hydrogens (tertiary/aromatic N) is 2. The van der Waals surface area contributed by atoms with Crippen molar-refractivity contribution in [1.82, 2.24) is 0 Å².